The van der Waals surface area contributed by atoms with Crippen LogP contribution in [-0.2, 0) is 0 Å². The number of aryl methyl sites for hydroxylation is 1. The Kier molecular flexibility index (Phi) is 13.3. The zero-order valence-corrected chi connectivity index (χ0v) is 30.9. The molecule has 8 aromatic carbocycles. The van der Waals surface area contributed by atoms with E-state index in [2.05, 4.69) is 159 Å². The summed E-state index contributed by atoms with van der Waals surface area (Å²) in [6.07, 6.45) is 0. The van der Waals surface area contributed by atoms with Gasteiger partial charge in [0, 0.05) is 0 Å². The van der Waals surface area contributed by atoms with E-state index in [0.717, 1.165) is 0 Å². The smallest absolute Gasteiger partial charge is 0.00201 e. The van der Waals surface area contributed by atoms with E-state index in [1.54, 1.807) is 0 Å². The van der Waals surface area contributed by atoms with E-state index >= 15 is 0 Å². The molecule has 0 radical (unpaired) electrons. The summed E-state index contributed by atoms with van der Waals surface area (Å²) in [4.78, 5) is 0. The van der Waals surface area contributed by atoms with Crippen molar-refractivity contribution in [1.82, 2.24) is 0 Å². The summed E-state index contributed by atoms with van der Waals surface area (Å²) in [6.45, 7) is 18.2. The number of benzene rings is 8. The van der Waals surface area contributed by atoms with Gasteiger partial charge in [-0.25, -0.2) is 0 Å². The third kappa shape index (κ3) is 7.30. The molecule has 0 heterocycles. The van der Waals surface area contributed by atoms with Gasteiger partial charge in [-0.05, 0) is 89.5 Å². The van der Waals surface area contributed by atoms with Crippen molar-refractivity contribution in [2.24, 2.45) is 0 Å². The second-order valence-electron chi connectivity index (χ2n) is 11.0. The van der Waals surface area contributed by atoms with Crippen LogP contribution in [0, 0.1) is 6.92 Å². The quantitative estimate of drug-likeness (QED) is 0.169. The zero-order chi connectivity index (χ0) is 35.3. The van der Waals surface area contributed by atoms with Crippen molar-refractivity contribution in [2.45, 2.75) is 62.3 Å². The van der Waals surface area contributed by atoms with Gasteiger partial charge in [0.25, 0.3) is 0 Å². The van der Waals surface area contributed by atoms with Gasteiger partial charge < -0.3 is 0 Å². The second-order valence-corrected chi connectivity index (χ2v) is 11.0. The van der Waals surface area contributed by atoms with Crippen molar-refractivity contribution >= 4 is 43.1 Å². The standard InChI is InChI=1S/C41H28.4C2H6/c1-27-11-10-14-30(25-27)32-23-24-39(34-16-5-4-15-33(32)34)41-37-19-8-6-17-35(37)40(36-18-7-9-20-38(36)41)31-22-21-28-12-2-3-13-29(28)26-31;4*1-2/h2-26H,1H3;4*1-2H3. The molecule has 0 atom stereocenters. The highest BCUT2D eigenvalue weighted by molar-refractivity contribution is 6.24. The van der Waals surface area contributed by atoms with Crippen LogP contribution < -0.4 is 0 Å². The summed E-state index contributed by atoms with van der Waals surface area (Å²) in [6, 6.07) is 55.7. The first-order chi connectivity index (χ1) is 24.3. The van der Waals surface area contributed by atoms with Crippen LogP contribution >= 0.6 is 0 Å². The molecule has 0 saturated carbocycles. The summed E-state index contributed by atoms with van der Waals surface area (Å²) in [5, 5.41) is 10.2. The van der Waals surface area contributed by atoms with E-state index in [0.29, 0.717) is 0 Å². The lowest BCUT2D eigenvalue weighted by atomic mass is 9.83. The van der Waals surface area contributed by atoms with Crippen molar-refractivity contribution in [3.63, 3.8) is 0 Å². The van der Waals surface area contributed by atoms with Crippen molar-refractivity contribution in [1.29, 1.82) is 0 Å². The van der Waals surface area contributed by atoms with Gasteiger partial charge in [0.1, 0.15) is 0 Å². The van der Waals surface area contributed by atoms with E-state index in [9.17, 15) is 0 Å². The largest absolute Gasteiger partial charge is 0.0683 e. The van der Waals surface area contributed by atoms with Crippen LogP contribution in [0.1, 0.15) is 61.0 Å². The molecule has 8 aromatic rings. The molecule has 0 aliphatic heterocycles. The number of fused-ring (bicyclic) bond motifs is 4. The monoisotopic (exact) mass is 640 g/mol. The first-order valence-electron chi connectivity index (χ1n) is 18.3. The fraction of sp³-hybridized carbons (Fsp3) is 0.184. The number of hydrogen-bond acceptors (Lipinski definition) is 0. The van der Waals surface area contributed by atoms with Crippen LogP contribution in [0.25, 0.3) is 76.5 Å². The van der Waals surface area contributed by atoms with Gasteiger partial charge >= 0.3 is 0 Å². The van der Waals surface area contributed by atoms with E-state index < -0.39 is 0 Å². The Balaban J connectivity index is 0.000000633. The van der Waals surface area contributed by atoms with Gasteiger partial charge in [-0.2, -0.15) is 0 Å². The third-order valence-corrected chi connectivity index (χ3v) is 8.49. The Morgan fingerprint density at radius 3 is 1.29 bits per heavy atom. The molecular weight excluding hydrogens is 589 g/mol. The van der Waals surface area contributed by atoms with Gasteiger partial charge in [0.2, 0.25) is 0 Å². The molecule has 0 saturated heterocycles. The molecule has 0 N–H and O–H groups in total. The summed E-state index contributed by atoms with van der Waals surface area (Å²) >= 11 is 0. The maximum absolute atomic E-state index is 2.34. The van der Waals surface area contributed by atoms with Crippen LogP contribution in [0.2, 0.25) is 0 Å². The lowest BCUT2D eigenvalue weighted by Crippen LogP contribution is -1.92. The third-order valence-electron chi connectivity index (χ3n) is 8.49. The maximum atomic E-state index is 2.34. The van der Waals surface area contributed by atoms with Crippen LogP contribution in [0.3, 0.4) is 0 Å². The number of rotatable bonds is 3. The van der Waals surface area contributed by atoms with E-state index in [1.807, 2.05) is 55.4 Å². The summed E-state index contributed by atoms with van der Waals surface area (Å²) < 4.78 is 0. The summed E-state index contributed by atoms with van der Waals surface area (Å²) in [5.74, 6) is 0. The van der Waals surface area contributed by atoms with Crippen LogP contribution in [0.5, 0.6) is 0 Å². The molecule has 0 aromatic heterocycles. The van der Waals surface area contributed by atoms with E-state index in [4.69, 9.17) is 0 Å². The summed E-state index contributed by atoms with van der Waals surface area (Å²) in [5.41, 5.74) is 8.93. The topological polar surface area (TPSA) is 0 Å². The molecular formula is C49H52. The molecule has 8 rings (SSSR count). The van der Waals surface area contributed by atoms with Crippen LogP contribution in [0.15, 0.2) is 152 Å². The van der Waals surface area contributed by atoms with Crippen molar-refractivity contribution in [3.8, 4) is 33.4 Å². The highest BCUT2D eigenvalue weighted by atomic mass is 14.2. The second kappa shape index (κ2) is 17.8. The SMILES string of the molecule is CC.CC.CC.CC.Cc1cccc(-c2ccc(-c3c4ccccc4c(-c4ccc5ccccc5c4)c4ccccc34)c3ccccc23)c1. The minimum Gasteiger partial charge on any atom is -0.0683 e. The molecule has 0 amide bonds. The lowest BCUT2D eigenvalue weighted by Gasteiger charge is -2.20. The Morgan fingerprint density at radius 2 is 0.735 bits per heavy atom. The zero-order valence-electron chi connectivity index (χ0n) is 30.9. The first kappa shape index (κ1) is 36.6. The molecule has 0 spiro atoms. The minimum atomic E-state index is 1.25. The highest BCUT2D eigenvalue weighted by Crippen LogP contribution is 2.46. The fourth-order valence-electron chi connectivity index (χ4n) is 6.66. The molecule has 0 heteroatoms. The summed E-state index contributed by atoms with van der Waals surface area (Å²) in [7, 11) is 0. The molecule has 0 aliphatic carbocycles. The van der Waals surface area contributed by atoms with Gasteiger partial charge in [-0.3, -0.25) is 0 Å². The highest BCUT2D eigenvalue weighted by Gasteiger charge is 2.19. The lowest BCUT2D eigenvalue weighted by molar-refractivity contribution is 1.47. The normalized spacial score (nSPS) is 10.1. The van der Waals surface area contributed by atoms with Gasteiger partial charge in [0.15, 0.2) is 0 Å². The Morgan fingerprint density at radius 1 is 0.286 bits per heavy atom. The molecule has 0 bridgehead atoms. The van der Waals surface area contributed by atoms with Crippen LogP contribution in [-0.4, -0.2) is 0 Å². The first-order valence-corrected chi connectivity index (χ1v) is 18.3. The average molecular weight is 641 g/mol. The predicted octanol–water partition coefficient (Wildman–Crippen LogP) is 15.7. The van der Waals surface area contributed by atoms with Crippen molar-refractivity contribution in [2.75, 3.05) is 0 Å². The molecule has 0 aliphatic rings. The molecule has 248 valence electrons. The van der Waals surface area contributed by atoms with Crippen molar-refractivity contribution < 1.29 is 0 Å². The minimum absolute atomic E-state index is 1.25. The van der Waals surface area contributed by atoms with Gasteiger partial charge in [0.05, 0.1) is 0 Å². The van der Waals surface area contributed by atoms with Crippen LogP contribution in [0.4, 0.5) is 0 Å². The van der Waals surface area contributed by atoms with E-state index in [1.165, 1.54) is 82.0 Å². The Bertz CT molecular complexity index is 2210. The van der Waals surface area contributed by atoms with Crippen molar-refractivity contribution in [3.05, 3.63) is 157 Å². The van der Waals surface area contributed by atoms with Gasteiger partial charge in [-0.15, -0.1) is 0 Å². The number of hydrogen-bond donors (Lipinski definition) is 0. The molecule has 49 heavy (non-hydrogen) atoms. The Hall–Kier alpha value is -5.20. The predicted molar refractivity (Wildman–Crippen MR) is 223 cm³/mol. The maximum Gasteiger partial charge on any atom is -0.00201 e. The molecule has 0 fully saturated rings. The molecule has 0 nitrogen and oxygen atoms in total. The molecule has 0 unspecified atom stereocenters. The van der Waals surface area contributed by atoms with Gasteiger partial charge in [-0.1, -0.05) is 207 Å². The average Bonchev–Trinajstić information content (AvgIpc) is 3.19. The van der Waals surface area contributed by atoms with E-state index in [-0.39, 0.29) is 0 Å². The fourth-order valence-corrected chi connectivity index (χ4v) is 6.66. The Labute approximate surface area is 295 Å².